The highest BCUT2D eigenvalue weighted by molar-refractivity contribution is 9.10. The summed E-state index contributed by atoms with van der Waals surface area (Å²) < 4.78 is 26.8. The van der Waals surface area contributed by atoms with Gasteiger partial charge in [0.1, 0.15) is 12.6 Å². The van der Waals surface area contributed by atoms with E-state index in [1.54, 1.807) is 49.4 Å². The molecule has 1 atom stereocenters. The first-order valence-electron chi connectivity index (χ1n) is 10.7. The molecule has 0 bridgehead atoms. The third kappa shape index (κ3) is 7.34. The van der Waals surface area contributed by atoms with Crippen molar-refractivity contribution in [2.75, 3.05) is 23.7 Å². The fourth-order valence-electron chi connectivity index (χ4n) is 3.39. The number of hydrogen-bond acceptors (Lipinski definition) is 4. The van der Waals surface area contributed by atoms with Gasteiger partial charge in [0.15, 0.2) is 0 Å². The highest BCUT2D eigenvalue weighted by Gasteiger charge is 2.32. The van der Waals surface area contributed by atoms with E-state index in [0.717, 1.165) is 17.0 Å². The van der Waals surface area contributed by atoms with E-state index in [2.05, 4.69) is 21.2 Å². The van der Waals surface area contributed by atoms with Crippen LogP contribution < -0.4 is 9.62 Å². The summed E-state index contributed by atoms with van der Waals surface area (Å²) in [6, 6.07) is 10.8. The second-order valence-electron chi connectivity index (χ2n) is 7.66. The van der Waals surface area contributed by atoms with E-state index in [-0.39, 0.29) is 12.5 Å². The van der Waals surface area contributed by atoms with E-state index >= 15 is 0 Å². The van der Waals surface area contributed by atoms with Crippen molar-refractivity contribution in [1.82, 2.24) is 10.2 Å². The Morgan fingerprint density at radius 2 is 1.68 bits per heavy atom. The molecule has 34 heavy (non-hydrogen) atoms. The molecule has 0 heterocycles. The maximum Gasteiger partial charge on any atom is 0.244 e. The smallest absolute Gasteiger partial charge is 0.244 e. The Labute approximate surface area is 219 Å². The van der Waals surface area contributed by atoms with Crippen LogP contribution in [-0.2, 0) is 26.2 Å². The van der Waals surface area contributed by atoms with E-state index in [1.807, 2.05) is 6.92 Å². The number of nitrogens with zero attached hydrogens (tertiary/aromatic N) is 2. The lowest BCUT2D eigenvalue weighted by Gasteiger charge is -2.33. The van der Waals surface area contributed by atoms with E-state index in [4.69, 9.17) is 23.2 Å². The van der Waals surface area contributed by atoms with Crippen LogP contribution in [-0.4, -0.2) is 50.5 Å². The zero-order chi connectivity index (χ0) is 25.5. The van der Waals surface area contributed by atoms with Gasteiger partial charge in [0.25, 0.3) is 0 Å². The third-order valence-corrected chi connectivity index (χ3v) is 7.63. The second kappa shape index (κ2) is 12.8. The van der Waals surface area contributed by atoms with E-state index in [0.29, 0.717) is 38.7 Å². The first kappa shape index (κ1) is 28.4. The lowest BCUT2D eigenvalue weighted by Crippen LogP contribution is -2.52. The molecule has 0 saturated heterocycles. The van der Waals surface area contributed by atoms with Crippen LogP contribution in [0.2, 0.25) is 10.0 Å². The molecule has 186 valence electrons. The molecule has 0 aliphatic rings. The maximum atomic E-state index is 13.6. The van der Waals surface area contributed by atoms with Crippen molar-refractivity contribution in [3.05, 3.63) is 62.5 Å². The van der Waals surface area contributed by atoms with Crippen molar-refractivity contribution in [1.29, 1.82) is 0 Å². The number of rotatable bonds is 11. The van der Waals surface area contributed by atoms with Gasteiger partial charge in [-0.25, -0.2) is 8.42 Å². The van der Waals surface area contributed by atoms with Crippen molar-refractivity contribution in [2.24, 2.45) is 0 Å². The van der Waals surface area contributed by atoms with Crippen molar-refractivity contribution in [3.8, 4) is 0 Å². The lowest BCUT2D eigenvalue weighted by molar-refractivity contribution is -0.140. The van der Waals surface area contributed by atoms with Crippen LogP contribution in [0.4, 0.5) is 5.69 Å². The molecule has 0 aliphatic heterocycles. The Balaban J connectivity index is 2.50. The Hall–Kier alpha value is -1.81. The molecular formula is C23H28BrCl2N3O4S. The molecule has 7 nitrogen and oxygen atoms in total. The van der Waals surface area contributed by atoms with Crippen LogP contribution in [0.1, 0.15) is 32.3 Å². The number of carbonyl (C=O) groups excluding carboxylic acids is 2. The van der Waals surface area contributed by atoms with Crippen LogP contribution >= 0.6 is 39.1 Å². The Morgan fingerprint density at radius 3 is 2.21 bits per heavy atom. The van der Waals surface area contributed by atoms with Gasteiger partial charge in [-0.05, 0) is 53.0 Å². The summed E-state index contributed by atoms with van der Waals surface area (Å²) in [7, 11) is -3.82. The molecule has 0 aliphatic carbocycles. The first-order chi connectivity index (χ1) is 16.0. The van der Waals surface area contributed by atoms with E-state index in [9.17, 15) is 18.0 Å². The van der Waals surface area contributed by atoms with Gasteiger partial charge in [-0.3, -0.25) is 13.9 Å². The summed E-state index contributed by atoms with van der Waals surface area (Å²) in [6.45, 7) is 3.61. The maximum absolute atomic E-state index is 13.6. The molecule has 0 radical (unpaired) electrons. The van der Waals surface area contributed by atoms with Crippen molar-refractivity contribution in [3.63, 3.8) is 0 Å². The largest absolute Gasteiger partial charge is 0.354 e. The minimum absolute atomic E-state index is 0.0526. The number of halogens is 3. The lowest BCUT2D eigenvalue weighted by atomic mass is 10.1. The fourth-order valence-corrected chi connectivity index (χ4v) is 5.38. The molecule has 0 unspecified atom stereocenters. The zero-order valence-corrected chi connectivity index (χ0v) is 23.1. The number of benzene rings is 2. The average molecular weight is 593 g/mol. The summed E-state index contributed by atoms with van der Waals surface area (Å²) in [6.07, 6.45) is 2.08. The number of carbonyl (C=O) groups is 2. The normalized spacial score (nSPS) is 12.2. The molecule has 1 N–H and O–H groups in total. The monoisotopic (exact) mass is 591 g/mol. The predicted octanol–water partition coefficient (Wildman–Crippen LogP) is 4.86. The number of nitrogens with one attached hydrogen (secondary N) is 1. The van der Waals surface area contributed by atoms with Crippen LogP contribution in [0.5, 0.6) is 0 Å². The Kier molecular flexibility index (Phi) is 10.7. The third-order valence-electron chi connectivity index (χ3n) is 5.13. The molecule has 0 aromatic heterocycles. The Morgan fingerprint density at radius 1 is 1.06 bits per heavy atom. The highest BCUT2D eigenvalue weighted by atomic mass is 79.9. The van der Waals surface area contributed by atoms with E-state index in [1.165, 1.54) is 4.90 Å². The minimum atomic E-state index is -3.82. The number of hydrogen-bond donors (Lipinski definition) is 1. The van der Waals surface area contributed by atoms with Gasteiger partial charge in [-0.1, -0.05) is 55.2 Å². The molecular weight excluding hydrogens is 565 g/mol. The van der Waals surface area contributed by atoms with Gasteiger partial charge < -0.3 is 10.2 Å². The molecule has 0 fully saturated rings. The van der Waals surface area contributed by atoms with Crippen LogP contribution in [0, 0.1) is 0 Å². The number of sulfonamides is 1. The van der Waals surface area contributed by atoms with Gasteiger partial charge in [0.05, 0.1) is 11.9 Å². The van der Waals surface area contributed by atoms with Crippen molar-refractivity contribution >= 4 is 66.7 Å². The van der Waals surface area contributed by atoms with Gasteiger partial charge >= 0.3 is 0 Å². The summed E-state index contributed by atoms with van der Waals surface area (Å²) in [5, 5.41) is 3.51. The van der Waals surface area contributed by atoms with Gasteiger partial charge in [0, 0.05) is 33.2 Å². The van der Waals surface area contributed by atoms with Crippen LogP contribution in [0.3, 0.4) is 0 Å². The van der Waals surface area contributed by atoms with Crippen molar-refractivity contribution < 1.29 is 18.0 Å². The SMILES string of the molecule is CCCNC(=O)[C@@H](CC)N(Cc1c(Cl)cccc1Cl)C(=O)CN(c1ccccc1Br)S(C)(=O)=O. The summed E-state index contributed by atoms with van der Waals surface area (Å²) >= 11 is 16.1. The molecule has 2 aromatic rings. The molecule has 2 aromatic carbocycles. The molecule has 0 saturated carbocycles. The Bertz CT molecular complexity index is 1110. The summed E-state index contributed by atoms with van der Waals surface area (Å²) in [4.78, 5) is 27.9. The first-order valence-corrected chi connectivity index (χ1v) is 14.1. The quantitative estimate of drug-likeness (QED) is 0.404. The molecule has 2 rings (SSSR count). The molecule has 2 amide bonds. The number of amides is 2. The van der Waals surface area contributed by atoms with Crippen molar-refractivity contribution in [2.45, 2.75) is 39.3 Å². The van der Waals surface area contributed by atoms with Gasteiger partial charge in [-0.2, -0.15) is 0 Å². The van der Waals surface area contributed by atoms with Crippen LogP contribution in [0.15, 0.2) is 46.9 Å². The number of anilines is 1. The molecule has 11 heteroatoms. The van der Waals surface area contributed by atoms with Crippen LogP contribution in [0.25, 0.3) is 0 Å². The summed E-state index contributed by atoms with van der Waals surface area (Å²) in [5.41, 5.74) is 0.797. The van der Waals surface area contributed by atoms with Gasteiger partial charge in [-0.15, -0.1) is 0 Å². The second-order valence-corrected chi connectivity index (χ2v) is 11.2. The number of para-hydroxylation sites is 1. The topological polar surface area (TPSA) is 86.8 Å². The fraction of sp³-hybridized carbons (Fsp3) is 0.391. The van der Waals surface area contributed by atoms with E-state index < -0.39 is 28.5 Å². The summed E-state index contributed by atoms with van der Waals surface area (Å²) in [5.74, 6) is -0.886. The van der Waals surface area contributed by atoms with Gasteiger partial charge in [0.2, 0.25) is 21.8 Å². The predicted molar refractivity (Wildman–Crippen MR) is 141 cm³/mol. The average Bonchev–Trinajstić information content (AvgIpc) is 2.77. The highest BCUT2D eigenvalue weighted by Crippen LogP contribution is 2.29. The zero-order valence-electron chi connectivity index (χ0n) is 19.2. The molecule has 0 spiro atoms. The minimum Gasteiger partial charge on any atom is -0.354 e. The standard InChI is InChI=1S/C23H28BrCl2N3O4S/c1-4-13-27-23(31)20(5-2)28(14-16-18(25)10-8-11-19(16)26)22(30)15-29(34(3,32)33)21-12-7-6-9-17(21)24/h6-12,20H,4-5,13-15H2,1-3H3,(H,27,31)/t20-/m1/s1.